The van der Waals surface area contributed by atoms with E-state index in [4.69, 9.17) is 4.74 Å². The zero-order chi connectivity index (χ0) is 21.2. The fourth-order valence-corrected chi connectivity index (χ4v) is 3.51. The van der Waals surface area contributed by atoms with Gasteiger partial charge in [-0.3, -0.25) is 9.69 Å². The Morgan fingerprint density at radius 2 is 1.76 bits per heavy atom. The molecule has 0 aromatic heterocycles. The molecule has 0 aliphatic carbocycles. The van der Waals surface area contributed by atoms with Gasteiger partial charge in [-0.25, -0.2) is 13.6 Å². The van der Waals surface area contributed by atoms with Crippen molar-refractivity contribution in [1.82, 2.24) is 9.80 Å². The van der Waals surface area contributed by atoms with Gasteiger partial charge in [0.1, 0.15) is 11.5 Å². The van der Waals surface area contributed by atoms with Crippen LogP contribution in [0, 0.1) is 0 Å². The van der Waals surface area contributed by atoms with E-state index in [2.05, 4.69) is 4.74 Å². The molecular formula is C18H19F5N2O4. The molecule has 29 heavy (non-hydrogen) atoms. The van der Waals surface area contributed by atoms with Gasteiger partial charge in [0.2, 0.25) is 5.91 Å². The lowest BCUT2D eigenvalue weighted by Crippen LogP contribution is -2.59. The molecule has 2 fully saturated rings. The number of alkyl halides is 5. The second-order valence-corrected chi connectivity index (χ2v) is 7.03. The van der Waals surface area contributed by atoms with E-state index in [1.54, 1.807) is 0 Å². The first-order chi connectivity index (χ1) is 13.5. The third-order valence-electron chi connectivity index (χ3n) is 4.71. The van der Waals surface area contributed by atoms with Crippen molar-refractivity contribution in [2.24, 2.45) is 0 Å². The van der Waals surface area contributed by atoms with Gasteiger partial charge in [0.25, 0.3) is 5.92 Å². The van der Waals surface area contributed by atoms with E-state index in [9.17, 15) is 31.5 Å². The predicted octanol–water partition coefficient (Wildman–Crippen LogP) is 3.81. The van der Waals surface area contributed by atoms with Gasteiger partial charge in [0, 0.05) is 25.9 Å². The van der Waals surface area contributed by atoms with E-state index in [1.165, 1.54) is 4.90 Å². The lowest BCUT2D eigenvalue weighted by atomic mass is 9.98. The highest BCUT2D eigenvalue weighted by atomic mass is 19.4. The van der Waals surface area contributed by atoms with Crippen molar-refractivity contribution in [1.29, 1.82) is 0 Å². The summed E-state index contributed by atoms with van der Waals surface area (Å²) in [5.74, 6) is -4.04. The normalized spacial score (nSPS) is 22.4. The molecule has 2 heterocycles. The lowest BCUT2D eigenvalue weighted by molar-refractivity contribution is -0.274. The summed E-state index contributed by atoms with van der Waals surface area (Å²) in [5, 5.41) is 0. The third kappa shape index (κ3) is 5.70. The number of hydrogen-bond acceptors (Lipinski definition) is 4. The van der Waals surface area contributed by atoms with E-state index in [1.807, 2.05) is 0 Å². The Bertz CT molecular complexity index is 754. The van der Waals surface area contributed by atoms with Gasteiger partial charge in [0.05, 0.1) is 12.6 Å². The van der Waals surface area contributed by atoms with E-state index < -0.39 is 43.1 Å². The maximum absolute atomic E-state index is 14.2. The monoisotopic (exact) mass is 422 g/mol. The van der Waals surface area contributed by atoms with E-state index in [-0.39, 0.29) is 18.2 Å². The maximum atomic E-state index is 14.2. The van der Waals surface area contributed by atoms with Gasteiger partial charge in [0.15, 0.2) is 0 Å². The van der Waals surface area contributed by atoms with Gasteiger partial charge >= 0.3 is 12.5 Å². The molecule has 1 aromatic rings. The summed E-state index contributed by atoms with van der Waals surface area (Å²) in [6, 6.07) is 3.19. The number of benzene rings is 1. The summed E-state index contributed by atoms with van der Waals surface area (Å²) in [4.78, 5) is 26.6. The molecule has 2 aliphatic rings. The number of nitrogens with zero attached hydrogens (tertiary/aromatic N) is 2. The summed E-state index contributed by atoms with van der Waals surface area (Å²) < 4.78 is 73.6. The van der Waals surface area contributed by atoms with Crippen molar-refractivity contribution >= 4 is 12.0 Å². The molecule has 160 valence electrons. The largest absolute Gasteiger partial charge is 0.573 e. The molecule has 1 aromatic carbocycles. The van der Waals surface area contributed by atoms with Gasteiger partial charge < -0.3 is 14.4 Å². The molecule has 2 saturated heterocycles. The smallest absolute Gasteiger partial charge is 0.410 e. The fraction of sp³-hybridized carbons (Fsp3) is 0.556. The zero-order valence-electron chi connectivity index (χ0n) is 15.3. The Hall–Kier alpha value is -2.59. The van der Waals surface area contributed by atoms with E-state index >= 15 is 0 Å². The Morgan fingerprint density at radius 1 is 1.10 bits per heavy atom. The molecule has 0 spiro atoms. The summed E-state index contributed by atoms with van der Waals surface area (Å²) in [6.45, 7) is -0.599. The first-order valence-corrected chi connectivity index (χ1v) is 9.02. The minimum atomic E-state index is -4.86. The van der Waals surface area contributed by atoms with Crippen molar-refractivity contribution in [3.05, 3.63) is 24.3 Å². The van der Waals surface area contributed by atoms with E-state index in [0.29, 0.717) is 25.8 Å². The minimum absolute atomic E-state index is 0.102. The van der Waals surface area contributed by atoms with Crippen molar-refractivity contribution < 1.29 is 41.0 Å². The third-order valence-corrected chi connectivity index (χ3v) is 4.71. The summed E-state index contributed by atoms with van der Waals surface area (Å²) >= 11 is 0. The number of likely N-dealkylation sites (tertiary alicyclic amines) is 2. The van der Waals surface area contributed by atoms with Gasteiger partial charge in [-0.15, -0.1) is 13.2 Å². The highest BCUT2D eigenvalue weighted by Gasteiger charge is 2.45. The Kier molecular flexibility index (Phi) is 5.85. The van der Waals surface area contributed by atoms with Crippen LogP contribution in [0.1, 0.15) is 25.7 Å². The zero-order valence-corrected chi connectivity index (χ0v) is 15.3. The number of piperidine rings is 2. The molecule has 2 amide bonds. The molecule has 6 nitrogen and oxygen atoms in total. The number of halogens is 5. The molecule has 11 heteroatoms. The Labute approximate surface area is 163 Å². The number of carbonyl (C=O) groups is 2. The Morgan fingerprint density at radius 3 is 2.38 bits per heavy atom. The molecule has 3 rings (SSSR count). The number of ether oxygens (including phenoxy) is 2. The van der Waals surface area contributed by atoms with Crippen molar-refractivity contribution in [3.63, 3.8) is 0 Å². The standard InChI is InChI=1S/C18H19F5N2O4/c19-17(20)9-12(25-8-2-1-3-15(25)26)10-24(11-17)16(27)28-13-4-6-14(7-5-13)29-18(21,22)23/h4-7,12H,1-3,8-11H2/t12-/m1/s1. The SMILES string of the molecule is O=C(Oc1ccc(OC(F)(F)F)cc1)N1C[C@H](N2CCCCC2=O)CC(F)(F)C1. The van der Waals surface area contributed by atoms with Crippen LogP contribution in [-0.4, -0.2) is 59.8 Å². The average Bonchev–Trinajstić information content (AvgIpc) is 2.61. The van der Waals surface area contributed by atoms with E-state index in [0.717, 1.165) is 29.2 Å². The van der Waals surface area contributed by atoms with Crippen LogP contribution in [-0.2, 0) is 4.79 Å². The van der Waals surface area contributed by atoms with Crippen LogP contribution in [0.4, 0.5) is 26.7 Å². The van der Waals surface area contributed by atoms with Crippen LogP contribution in [0.3, 0.4) is 0 Å². The second kappa shape index (κ2) is 8.03. The molecule has 2 aliphatic heterocycles. The van der Waals surface area contributed by atoms with Gasteiger partial charge in [-0.1, -0.05) is 0 Å². The summed E-state index contributed by atoms with van der Waals surface area (Å²) in [7, 11) is 0. The molecule has 1 atom stereocenters. The molecule has 0 N–H and O–H groups in total. The van der Waals surface area contributed by atoms with Crippen LogP contribution in [0.2, 0.25) is 0 Å². The number of amides is 2. The highest BCUT2D eigenvalue weighted by Crippen LogP contribution is 2.32. The number of carbonyl (C=O) groups excluding carboxylic acids is 2. The molecular weight excluding hydrogens is 403 g/mol. The highest BCUT2D eigenvalue weighted by molar-refractivity contribution is 5.77. The first-order valence-electron chi connectivity index (χ1n) is 9.02. The van der Waals surface area contributed by atoms with Gasteiger partial charge in [-0.2, -0.15) is 0 Å². The quantitative estimate of drug-likeness (QED) is 0.696. The molecule has 0 unspecified atom stereocenters. The van der Waals surface area contributed by atoms with Crippen molar-refractivity contribution in [3.8, 4) is 11.5 Å². The van der Waals surface area contributed by atoms with Crippen LogP contribution in [0.15, 0.2) is 24.3 Å². The summed E-state index contributed by atoms with van der Waals surface area (Å²) in [6.07, 6.45) is -4.75. The number of rotatable bonds is 3. The molecule has 0 saturated carbocycles. The number of hydrogen-bond donors (Lipinski definition) is 0. The average molecular weight is 422 g/mol. The second-order valence-electron chi connectivity index (χ2n) is 7.03. The fourth-order valence-electron chi connectivity index (χ4n) is 3.51. The molecule has 0 radical (unpaired) electrons. The van der Waals surface area contributed by atoms with Crippen LogP contribution < -0.4 is 9.47 Å². The topological polar surface area (TPSA) is 59.1 Å². The van der Waals surface area contributed by atoms with Crippen LogP contribution >= 0.6 is 0 Å². The Balaban J connectivity index is 1.65. The van der Waals surface area contributed by atoms with Crippen LogP contribution in [0.5, 0.6) is 11.5 Å². The molecule has 0 bridgehead atoms. The minimum Gasteiger partial charge on any atom is -0.410 e. The predicted molar refractivity (Wildman–Crippen MR) is 89.6 cm³/mol. The van der Waals surface area contributed by atoms with Crippen LogP contribution in [0.25, 0.3) is 0 Å². The summed E-state index contributed by atoms with van der Waals surface area (Å²) in [5.41, 5.74) is 0. The maximum Gasteiger partial charge on any atom is 0.573 e. The van der Waals surface area contributed by atoms with Gasteiger partial charge in [-0.05, 0) is 37.1 Å². The first kappa shape index (κ1) is 21.1. The van der Waals surface area contributed by atoms with Crippen molar-refractivity contribution in [2.45, 2.75) is 44.0 Å². The lowest BCUT2D eigenvalue weighted by Gasteiger charge is -2.43. The van der Waals surface area contributed by atoms with Crippen molar-refractivity contribution in [2.75, 3.05) is 19.6 Å².